The zero-order valence-corrected chi connectivity index (χ0v) is 40.5. The lowest BCUT2D eigenvalue weighted by Crippen LogP contribution is -2.05. The van der Waals surface area contributed by atoms with Crippen molar-refractivity contribution < 1.29 is 0 Å². The van der Waals surface area contributed by atoms with Crippen molar-refractivity contribution in [2.75, 3.05) is 0 Å². The predicted molar refractivity (Wildman–Crippen MR) is 276 cm³/mol. The summed E-state index contributed by atoms with van der Waals surface area (Å²) < 4.78 is 4.50. The van der Waals surface area contributed by atoms with Crippen LogP contribution in [-0.4, -0.2) is 73.9 Å². The van der Waals surface area contributed by atoms with Gasteiger partial charge in [0.05, 0.1) is 57.5 Å². The third kappa shape index (κ3) is 7.51. The van der Waals surface area contributed by atoms with Crippen molar-refractivity contribution in [1.82, 2.24) is 73.9 Å². The number of benzene rings is 5. The molecule has 7 heterocycles. The number of rotatable bonds is 7. The zero-order chi connectivity index (χ0) is 49.5. The first-order valence-electron chi connectivity index (χ1n) is 23.3. The Labute approximate surface area is 412 Å². The molecule has 0 unspecified atom stereocenters. The molecule has 72 heavy (non-hydrogen) atoms. The summed E-state index contributed by atoms with van der Waals surface area (Å²) in [7, 11) is 0. The van der Waals surface area contributed by atoms with Gasteiger partial charge < -0.3 is 9.13 Å². The summed E-state index contributed by atoms with van der Waals surface area (Å²) in [5.41, 5.74) is 10.8. The van der Waals surface area contributed by atoms with Gasteiger partial charge in [-0.2, -0.15) is 5.26 Å². The summed E-state index contributed by atoms with van der Waals surface area (Å²) in [5.74, 6) is 7.44. The monoisotopic (exact) mass is 938 g/mol. The van der Waals surface area contributed by atoms with Gasteiger partial charge in [0.15, 0.2) is 23.3 Å². The maximum absolute atomic E-state index is 10.4. The normalized spacial score (nSPS) is 11.6. The first-order chi connectivity index (χ1) is 34.8. The Morgan fingerprint density at radius 2 is 0.653 bits per heavy atom. The fraction of sp³-hybridized carbons (Fsp3) is 0.143. The molecule has 0 saturated carbocycles. The highest BCUT2D eigenvalue weighted by molar-refractivity contribution is 6.14. The number of nitrogens with zero attached hydrogens (tertiary/aromatic N) is 16. The first kappa shape index (κ1) is 43.6. The molecule has 0 amide bonds. The summed E-state index contributed by atoms with van der Waals surface area (Å²) in [6.45, 7) is 15.0. The Hall–Kier alpha value is -9.62. The van der Waals surface area contributed by atoms with Crippen LogP contribution < -0.4 is 0 Å². The van der Waals surface area contributed by atoms with Crippen molar-refractivity contribution in [2.45, 2.75) is 55.4 Å². The van der Waals surface area contributed by atoms with E-state index in [4.69, 9.17) is 44.9 Å². The number of hydrogen-bond donors (Lipinski definition) is 0. The fourth-order valence-corrected chi connectivity index (χ4v) is 9.92. The van der Waals surface area contributed by atoms with Crippen LogP contribution >= 0.6 is 0 Å². The highest BCUT2D eigenvalue weighted by atomic mass is 15.1. The minimum Gasteiger partial charge on any atom is -0.307 e. The maximum Gasteiger partial charge on any atom is 0.163 e. The third-order valence-corrected chi connectivity index (χ3v) is 12.7. The minimum absolute atomic E-state index is 0.519. The van der Waals surface area contributed by atoms with Crippen LogP contribution in [0.2, 0.25) is 0 Å². The second-order valence-electron chi connectivity index (χ2n) is 17.9. The Kier molecular flexibility index (Phi) is 10.2. The fourth-order valence-electron chi connectivity index (χ4n) is 9.92. The van der Waals surface area contributed by atoms with Gasteiger partial charge in [0.1, 0.15) is 46.6 Å². The van der Waals surface area contributed by atoms with E-state index in [1.807, 2.05) is 116 Å². The molecule has 346 valence electrons. The number of hydrogen-bond acceptors (Lipinski definition) is 14. The van der Waals surface area contributed by atoms with Crippen molar-refractivity contribution in [1.29, 1.82) is 5.26 Å². The van der Waals surface area contributed by atoms with E-state index in [1.54, 1.807) is 0 Å². The van der Waals surface area contributed by atoms with Crippen LogP contribution in [0, 0.1) is 66.7 Å². The quantitative estimate of drug-likeness (QED) is 0.146. The predicted octanol–water partition coefficient (Wildman–Crippen LogP) is 10.7. The van der Waals surface area contributed by atoms with Gasteiger partial charge in [0.25, 0.3) is 0 Å². The van der Waals surface area contributed by atoms with Crippen molar-refractivity contribution in [3.8, 4) is 74.1 Å². The molecule has 16 heteroatoms. The highest BCUT2D eigenvalue weighted by Crippen LogP contribution is 2.44. The first-order valence-corrected chi connectivity index (χ1v) is 23.3. The maximum atomic E-state index is 10.4. The Bertz CT molecular complexity index is 3750. The van der Waals surface area contributed by atoms with Crippen LogP contribution in [0.15, 0.2) is 109 Å². The molecule has 5 aromatic carbocycles. The van der Waals surface area contributed by atoms with Gasteiger partial charge in [0, 0.05) is 49.4 Å². The molecule has 16 nitrogen and oxygen atoms in total. The van der Waals surface area contributed by atoms with Gasteiger partial charge in [-0.3, -0.25) is 4.98 Å². The van der Waals surface area contributed by atoms with E-state index in [0.717, 1.165) is 88.4 Å². The second kappa shape index (κ2) is 16.8. The molecule has 0 aliphatic carbocycles. The minimum atomic E-state index is 0.519. The number of nitriles is 1. The van der Waals surface area contributed by atoms with Crippen LogP contribution in [0.4, 0.5) is 0 Å². The molecular weight excluding hydrogens is 897 g/mol. The lowest BCUT2D eigenvalue weighted by Gasteiger charge is -2.20. The van der Waals surface area contributed by atoms with Gasteiger partial charge >= 0.3 is 0 Å². The summed E-state index contributed by atoms with van der Waals surface area (Å²) in [6.07, 6.45) is 3.80. The molecule has 0 atom stereocenters. The molecule has 0 N–H and O–H groups in total. The van der Waals surface area contributed by atoms with E-state index in [0.29, 0.717) is 75.5 Å². The largest absolute Gasteiger partial charge is 0.307 e. The molecule has 0 aliphatic rings. The van der Waals surface area contributed by atoms with E-state index in [2.05, 4.69) is 83.7 Å². The molecule has 0 spiro atoms. The van der Waals surface area contributed by atoms with Crippen LogP contribution in [0.25, 0.3) is 112 Å². The molecule has 0 bridgehead atoms. The second-order valence-corrected chi connectivity index (χ2v) is 17.9. The number of aromatic nitrogens is 15. The van der Waals surface area contributed by atoms with E-state index in [9.17, 15) is 5.26 Å². The van der Waals surface area contributed by atoms with Crippen molar-refractivity contribution in [3.63, 3.8) is 0 Å². The van der Waals surface area contributed by atoms with Crippen LogP contribution in [0.5, 0.6) is 0 Å². The molecule has 12 rings (SSSR count). The summed E-state index contributed by atoms with van der Waals surface area (Å²) in [6, 6.07) is 35.3. The number of aryl methyl sites for hydroxylation is 8. The summed E-state index contributed by atoms with van der Waals surface area (Å²) >= 11 is 0. The highest BCUT2D eigenvalue weighted by Gasteiger charge is 2.25. The van der Waals surface area contributed by atoms with Crippen molar-refractivity contribution >= 4 is 43.6 Å². The van der Waals surface area contributed by atoms with Gasteiger partial charge in [0.2, 0.25) is 0 Å². The number of pyridine rings is 1. The molecule has 7 aromatic heterocycles. The van der Waals surface area contributed by atoms with Crippen LogP contribution in [0.1, 0.15) is 52.2 Å². The van der Waals surface area contributed by atoms with Crippen molar-refractivity contribution in [3.05, 3.63) is 162 Å². The van der Waals surface area contributed by atoms with E-state index >= 15 is 0 Å². The Morgan fingerprint density at radius 3 is 0.944 bits per heavy atom. The Balaban J connectivity index is 1.17. The SMILES string of the molecule is Cc1nc(C)nc(-c2ccc3c(c2)c2cc(-c4nc(C)nc(C)n4)ccc2n3-c2cncc(-n3c4ccc(-c5nc(C)nc(C)n5)cc4c4cc(-c5nc(C)nc(C)n5)ccc43)c2-c2cccc(C#N)c2)n1. The summed E-state index contributed by atoms with van der Waals surface area (Å²) in [5, 5.41) is 14.2. The van der Waals surface area contributed by atoms with E-state index in [-0.39, 0.29) is 0 Å². The number of fused-ring (bicyclic) bond motifs is 6. The van der Waals surface area contributed by atoms with Crippen LogP contribution in [-0.2, 0) is 0 Å². The van der Waals surface area contributed by atoms with E-state index < -0.39 is 0 Å². The molecule has 0 saturated heterocycles. The molecule has 0 fully saturated rings. The molecular formula is C56H42N16. The van der Waals surface area contributed by atoms with Crippen LogP contribution in [0.3, 0.4) is 0 Å². The van der Waals surface area contributed by atoms with Gasteiger partial charge in [-0.05, 0) is 146 Å². The summed E-state index contributed by atoms with van der Waals surface area (Å²) in [4.78, 5) is 60.9. The van der Waals surface area contributed by atoms with E-state index in [1.165, 1.54) is 0 Å². The average molecular weight is 939 g/mol. The standard InChI is InChI=1S/C56H42N16/c1-28-59-29(2)64-53(63-28)38-12-16-46-42(21-38)43-22-39(54-65-30(3)60-31(4)66-54)13-17-47(43)71(46)50-26-58-27-51(52(50)37-11-9-10-36(20-37)25-57)72-48-18-14-40(55-67-32(5)61-33(6)68-55)23-44(48)45-24-41(15-19-49(45)72)56-69-34(7)62-35(8)70-56/h9-24,26-27H,1-8H3. The van der Waals surface area contributed by atoms with Gasteiger partial charge in [-0.1, -0.05) is 12.1 Å². The Morgan fingerprint density at radius 1 is 0.347 bits per heavy atom. The molecule has 12 aromatic rings. The van der Waals surface area contributed by atoms with Gasteiger partial charge in [-0.25, -0.2) is 59.8 Å². The average Bonchev–Trinajstić information content (AvgIpc) is 3.86. The zero-order valence-electron chi connectivity index (χ0n) is 40.5. The lowest BCUT2D eigenvalue weighted by molar-refractivity contribution is 0.928. The topological polar surface area (TPSA) is 201 Å². The molecule has 0 aliphatic heterocycles. The molecule has 0 radical (unpaired) electrons. The third-order valence-electron chi connectivity index (χ3n) is 12.7. The van der Waals surface area contributed by atoms with Crippen molar-refractivity contribution in [2.24, 2.45) is 0 Å². The smallest absolute Gasteiger partial charge is 0.163 e. The van der Waals surface area contributed by atoms with Gasteiger partial charge in [-0.15, -0.1) is 0 Å². The lowest BCUT2D eigenvalue weighted by atomic mass is 10.0.